The van der Waals surface area contributed by atoms with Gasteiger partial charge in [-0.25, -0.2) is 0 Å². The molecule has 79 heavy (non-hydrogen) atoms. The molecule has 0 rings (SSSR count). The Morgan fingerprint density at radius 1 is 0.342 bits per heavy atom. The van der Waals surface area contributed by atoms with Gasteiger partial charge in [-0.2, -0.15) is 0 Å². The van der Waals surface area contributed by atoms with Gasteiger partial charge >= 0.3 is 5.97 Å². The number of hydrogen-bond acceptors (Lipinski definition) is 5. The first kappa shape index (κ1) is 77.3. The van der Waals surface area contributed by atoms with Crippen LogP contribution in [0.4, 0.5) is 0 Å². The molecule has 0 aromatic heterocycles. The van der Waals surface area contributed by atoms with Gasteiger partial charge in [0.1, 0.15) is 0 Å². The molecule has 0 aliphatic rings. The molecular formula is C73H141NO5. The largest absolute Gasteiger partial charge is 0.466 e. The number of rotatable bonds is 68. The summed E-state index contributed by atoms with van der Waals surface area (Å²) in [6.07, 6.45) is 86.5. The summed E-state index contributed by atoms with van der Waals surface area (Å²) in [5.41, 5.74) is 0. The lowest BCUT2D eigenvalue weighted by molar-refractivity contribution is -0.143. The fourth-order valence-corrected chi connectivity index (χ4v) is 11.5. The van der Waals surface area contributed by atoms with Gasteiger partial charge in [-0.15, -0.1) is 0 Å². The minimum Gasteiger partial charge on any atom is -0.466 e. The molecule has 6 nitrogen and oxygen atoms in total. The van der Waals surface area contributed by atoms with Gasteiger partial charge in [0.15, 0.2) is 0 Å². The van der Waals surface area contributed by atoms with E-state index in [0.717, 1.165) is 44.9 Å². The van der Waals surface area contributed by atoms with Gasteiger partial charge in [0, 0.05) is 12.8 Å². The van der Waals surface area contributed by atoms with E-state index in [1.807, 2.05) is 0 Å². The monoisotopic (exact) mass is 1110 g/mol. The summed E-state index contributed by atoms with van der Waals surface area (Å²) in [5, 5.41) is 23.4. The van der Waals surface area contributed by atoms with E-state index in [-0.39, 0.29) is 18.5 Å². The fourth-order valence-electron chi connectivity index (χ4n) is 11.5. The van der Waals surface area contributed by atoms with Crippen molar-refractivity contribution in [1.29, 1.82) is 0 Å². The second-order valence-corrected chi connectivity index (χ2v) is 24.9. The number of nitrogens with one attached hydrogen (secondary N) is 1. The minimum atomic E-state index is -0.671. The Morgan fingerprint density at radius 3 is 0.899 bits per heavy atom. The van der Waals surface area contributed by atoms with E-state index in [9.17, 15) is 19.8 Å². The number of ether oxygens (including phenoxy) is 1. The van der Waals surface area contributed by atoms with E-state index in [1.165, 1.54) is 327 Å². The Hall–Kier alpha value is -1.66. The smallest absolute Gasteiger partial charge is 0.305 e. The van der Waals surface area contributed by atoms with Crippen molar-refractivity contribution >= 4 is 11.9 Å². The maximum atomic E-state index is 12.5. The van der Waals surface area contributed by atoms with Crippen LogP contribution >= 0.6 is 0 Å². The Kier molecular flexibility index (Phi) is 67.4. The number of carbonyl (C=O) groups excluding carboxylic acids is 2. The van der Waals surface area contributed by atoms with E-state index in [1.54, 1.807) is 0 Å². The number of carbonyl (C=O) groups is 2. The van der Waals surface area contributed by atoms with Crippen molar-refractivity contribution in [3.63, 3.8) is 0 Å². The number of aliphatic hydroxyl groups excluding tert-OH is 2. The van der Waals surface area contributed by atoms with Gasteiger partial charge in [0.25, 0.3) is 0 Å². The average Bonchev–Trinajstić information content (AvgIpc) is 3.45. The standard InChI is InChI=1S/C73H141NO5/c1-3-5-7-9-11-13-15-17-19-21-23-24-26-30-33-37-41-45-49-53-57-61-65-71(76)70(69-75)74-72(77)66-62-58-54-50-46-42-38-34-31-27-25-28-32-36-40-44-48-52-56-60-64-68-79-73(78)67-63-59-55-51-47-43-39-35-29-22-20-18-16-14-12-10-8-6-4-2/h18,20,27,31,70-71,75-76H,3-17,19,21-26,28-30,32-69H2,1-2H3,(H,74,77)/b20-18-,31-27-. The van der Waals surface area contributed by atoms with Crippen molar-refractivity contribution in [1.82, 2.24) is 5.32 Å². The Labute approximate surface area is 494 Å². The number of amides is 1. The lowest BCUT2D eigenvalue weighted by Crippen LogP contribution is -2.45. The van der Waals surface area contributed by atoms with Crippen molar-refractivity contribution in [2.24, 2.45) is 0 Å². The molecule has 0 fully saturated rings. The zero-order chi connectivity index (χ0) is 57.1. The molecule has 3 N–H and O–H groups in total. The summed E-state index contributed by atoms with van der Waals surface area (Å²) >= 11 is 0. The predicted octanol–water partition coefficient (Wildman–Crippen LogP) is 23.3. The Morgan fingerprint density at radius 2 is 0.595 bits per heavy atom. The van der Waals surface area contributed by atoms with Crippen molar-refractivity contribution in [2.75, 3.05) is 13.2 Å². The highest BCUT2D eigenvalue weighted by Crippen LogP contribution is 2.19. The molecular weight excluding hydrogens is 971 g/mol. The second-order valence-electron chi connectivity index (χ2n) is 24.9. The zero-order valence-corrected chi connectivity index (χ0v) is 53.6. The van der Waals surface area contributed by atoms with Crippen LogP contribution in [0.15, 0.2) is 24.3 Å². The van der Waals surface area contributed by atoms with Gasteiger partial charge in [0.2, 0.25) is 5.91 Å². The lowest BCUT2D eigenvalue weighted by atomic mass is 10.0. The summed E-state index contributed by atoms with van der Waals surface area (Å²) in [6.45, 7) is 4.98. The number of esters is 1. The minimum absolute atomic E-state index is 0.00894. The number of aliphatic hydroxyl groups is 2. The first-order chi connectivity index (χ1) is 39.0. The normalized spacial score (nSPS) is 12.6. The number of hydrogen-bond donors (Lipinski definition) is 3. The van der Waals surface area contributed by atoms with Crippen LogP contribution in [0.5, 0.6) is 0 Å². The molecule has 468 valence electrons. The van der Waals surface area contributed by atoms with Gasteiger partial charge in [-0.1, -0.05) is 340 Å². The summed E-state index contributed by atoms with van der Waals surface area (Å²) in [4.78, 5) is 24.7. The molecule has 0 heterocycles. The molecule has 0 saturated carbocycles. The van der Waals surface area contributed by atoms with Crippen LogP contribution in [-0.4, -0.2) is 47.4 Å². The van der Waals surface area contributed by atoms with E-state index in [2.05, 4.69) is 43.5 Å². The Bertz CT molecular complexity index is 1230. The van der Waals surface area contributed by atoms with Crippen molar-refractivity contribution in [3.05, 3.63) is 24.3 Å². The first-order valence-corrected chi connectivity index (χ1v) is 36.1. The van der Waals surface area contributed by atoms with Gasteiger partial charge in [0.05, 0.1) is 25.4 Å². The summed E-state index contributed by atoms with van der Waals surface area (Å²) in [6, 6.07) is -0.548. The number of allylic oxidation sites excluding steroid dienone is 4. The SMILES string of the molecule is CCCCCCCC/C=C\CCCCCCCCCCCC(=O)OCCCCCCCCCCCC/C=C\CCCCCCCCCC(=O)NC(CO)C(O)CCCCCCCCCCCCCCCCCCCCCCCC. The Balaban J connectivity index is 3.40. The molecule has 0 aliphatic carbocycles. The quantitative estimate of drug-likeness (QED) is 0.0320. The average molecular weight is 1110 g/mol. The molecule has 0 spiro atoms. The molecule has 0 saturated heterocycles. The van der Waals surface area contributed by atoms with Crippen molar-refractivity contribution in [2.45, 2.75) is 418 Å². The van der Waals surface area contributed by atoms with Crippen LogP contribution in [0.2, 0.25) is 0 Å². The van der Waals surface area contributed by atoms with Crippen LogP contribution in [0.3, 0.4) is 0 Å². The maximum Gasteiger partial charge on any atom is 0.305 e. The third-order valence-electron chi connectivity index (χ3n) is 17.0. The zero-order valence-electron chi connectivity index (χ0n) is 53.6. The first-order valence-electron chi connectivity index (χ1n) is 36.1. The van der Waals surface area contributed by atoms with E-state index >= 15 is 0 Å². The molecule has 2 unspecified atom stereocenters. The van der Waals surface area contributed by atoms with Gasteiger partial charge in [-0.05, 0) is 77.0 Å². The summed E-state index contributed by atoms with van der Waals surface area (Å²) < 4.78 is 5.51. The van der Waals surface area contributed by atoms with Crippen LogP contribution in [0, 0.1) is 0 Å². The van der Waals surface area contributed by atoms with Gasteiger partial charge in [-0.3, -0.25) is 9.59 Å². The maximum absolute atomic E-state index is 12.5. The third-order valence-corrected chi connectivity index (χ3v) is 17.0. The molecule has 2 atom stereocenters. The fraction of sp³-hybridized carbons (Fsp3) is 0.918. The van der Waals surface area contributed by atoms with Crippen molar-refractivity contribution in [3.8, 4) is 0 Å². The van der Waals surface area contributed by atoms with Crippen LogP contribution in [0.1, 0.15) is 406 Å². The summed E-state index contributed by atoms with van der Waals surface area (Å²) in [5.74, 6) is -0.0293. The topological polar surface area (TPSA) is 95.9 Å². The van der Waals surface area contributed by atoms with Crippen LogP contribution in [0.25, 0.3) is 0 Å². The molecule has 0 aromatic rings. The molecule has 6 heteroatoms. The third kappa shape index (κ3) is 65.4. The van der Waals surface area contributed by atoms with Crippen LogP contribution in [-0.2, 0) is 14.3 Å². The van der Waals surface area contributed by atoms with E-state index < -0.39 is 12.1 Å². The molecule has 0 bridgehead atoms. The highest BCUT2D eigenvalue weighted by molar-refractivity contribution is 5.76. The van der Waals surface area contributed by atoms with Crippen molar-refractivity contribution < 1.29 is 24.5 Å². The molecule has 1 amide bonds. The molecule has 0 radical (unpaired) electrons. The van der Waals surface area contributed by atoms with Gasteiger partial charge < -0.3 is 20.3 Å². The highest BCUT2D eigenvalue weighted by atomic mass is 16.5. The molecule has 0 aliphatic heterocycles. The lowest BCUT2D eigenvalue weighted by Gasteiger charge is -2.22. The molecule has 0 aromatic carbocycles. The van der Waals surface area contributed by atoms with E-state index in [4.69, 9.17) is 4.74 Å². The second kappa shape index (κ2) is 68.8. The number of unbranched alkanes of at least 4 members (excludes halogenated alkanes) is 53. The highest BCUT2D eigenvalue weighted by Gasteiger charge is 2.20. The van der Waals surface area contributed by atoms with Crippen LogP contribution < -0.4 is 5.32 Å². The summed E-state index contributed by atoms with van der Waals surface area (Å²) in [7, 11) is 0. The van der Waals surface area contributed by atoms with E-state index in [0.29, 0.717) is 25.9 Å². The predicted molar refractivity (Wildman–Crippen MR) is 347 cm³/mol.